The summed E-state index contributed by atoms with van der Waals surface area (Å²) in [5.41, 5.74) is 9.66. The fourth-order valence-electron chi connectivity index (χ4n) is 4.20. The summed E-state index contributed by atoms with van der Waals surface area (Å²) in [6.45, 7) is 2.14. The summed E-state index contributed by atoms with van der Waals surface area (Å²) in [6, 6.07) is 21.8. The number of benzene rings is 3. The van der Waals surface area contributed by atoms with Gasteiger partial charge >= 0.3 is 0 Å². The first kappa shape index (κ1) is 19.3. The molecular formula is C27H28O2. The Labute approximate surface area is 173 Å². The highest BCUT2D eigenvalue weighted by Gasteiger charge is 2.19. The molecule has 0 amide bonds. The molecule has 0 heterocycles. The molecule has 3 aromatic carbocycles. The smallest absolute Gasteiger partial charge is 0.161 e. The first-order chi connectivity index (χ1) is 14.2. The van der Waals surface area contributed by atoms with Crippen molar-refractivity contribution in [3.05, 3.63) is 94.0 Å². The van der Waals surface area contributed by atoms with Gasteiger partial charge in [0.05, 0.1) is 14.2 Å². The molecule has 0 unspecified atom stereocenters. The van der Waals surface area contributed by atoms with Crippen LogP contribution in [0, 0.1) is 6.92 Å². The van der Waals surface area contributed by atoms with Crippen molar-refractivity contribution in [1.29, 1.82) is 0 Å². The minimum absolute atomic E-state index is 0.764. The van der Waals surface area contributed by atoms with Gasteiger partial charge in [0.1, 0.15) is 0 Å². The van der Waals surface area contributed by atoms with Gasteiger partial charge in [-0.2, -0.15) is 0 Å². The van der Waals surface area contributed by atoms with Gasteiger partial charge in [-0.3, -0.25) is 0 Å². The van der Waals surface area contributed by atoms with E-state index < -0.39 is 0 Å². The molecule has 0 saturated heterocycles. The second-order valence-electron chi connectivity index (χ2n) is 7.72. The van der Waals surface area contributed by atoms with Gasteiger partial charge in [-0.05, 0) is 78.1 Å². The quantitative estimate of drug-likeness (QED) is 0.498. The van der Waals surface area contributed by atoms with Gasteiger partial charge in [0, 0.05) is 0 Å². The Hall–Kier alpha value is -3.00. The number of methoxy groups -OCH3 is 2. The van der Waals surface area contributed by atoms with Crippen molar-refractivity contribution < 1.29 is 9.47 Å². The van der Waals surface area contributed by atoms with Crippen LogP contribution in [-0.2, 0) is 19.3 Å². The van der Waals surface area contributed by atoms with Crippen molar-refractivity contribution >= 4 is 11.6 Å². The topological polar surface area (TPSA) is 18.5 Å². The molecular weight excluding hydrogens is 356 g/mol. The molecule has 2 nitrogen and oxygen atoms in total. The summed E-state index contributed by atoms with van der Waals surface area (Å²) in [4.78, 5) is 0. The molecule has 0 saturated carbocycles. The maximum Gasteiger partial charge on any atom is 0.161 e. The molecule has 29 heavy (non-hydrogen) atoms. The predicted octanol–water partition coefficient (Wildman–Crippen LogP) is 6.28. The third kappa shape index (κ3) is 4.22. The van der Waals surface area contributed by atoms with Crippen LogP contribution in [0.4, 0.5) is 0 Å². The Morgan fingerprint density at radius 1 is 0.828 bits per heavy atom. The maximum absolute atomic E-state index is 5.48. The van der Waals surface area contributed by atoms with Crippen LogP contribution in [-0.4, -0.2) is 14.2 Å². The highest BCUT2D eigenvalue weighted by atomic mass is 16.5. The lowest BCUT2D eigenvalue weighted by Crippen LogP contribution is -1.97. The van der Waals surface area contributed by atoms with Crippen LogP contribution in [0.25, 0.3) is 11.6 Å². The van der Waals surface area contributed by atoms with Crippen LogP contribution in [0.2, 0.25) is 0 Å². The Balaban J connectivity index is 1.62. The minimum atomic E-state index is 0.764. The van der Waals surface area contributed by atoms with E-state index in [1.165, 1.54) is 33.4 Å². The lowest BCUT2D eigenvalue weighted by Gasteiger charge is -2.12. The standard InChI is InChI=1S/C27H28O2/c1-19-7-9-20(10-8-19)11-13-22-5-4-6-23-14-15-24(27(22)23)17-21-12-16-25(28-2)26(18-21)29-3/h4-10,12,16-18H,11,13-15H2,1-3H3/b24-17+. The molecule has 0 spiro atoms. The first-order valence-electron chi connectivity index (χ1n) is 10.3. The van der Waals surface area contributed by atoms with Crippen LogP contribution in [0.3, 0.4) is 0 Å². The van der Waals surface area contributed by atoms with Gasteiger partial charge in [-0.1, -0.05) is 60.2 Å². The summed E-state index contributed by atoms with van der Waals surface area (Å²) >= 11 is 0. The predicted molar refractivity (Wildman–Crippen MR) is 121 cm³/mol. The van der Waals surface area contributed by atoms with Crippen molar-refractivity contribution in [2.45, 2.75) is 32.6 Å². The Bertz CT molecular complexity index is 1030. The summed E-state index contributed by atoms with van der Waals surface area (Å²) in [5.74, 6) is 1.54. The molecule has 0 radical (unpaired) electrons. The normalized spacial score (nSPS) is 14.1. The molecule has 148 valence electrons. The highest BCUT2D eigenvalue weighted by molar-refractivity contribution is 5.87. The van der Waals surface area contributed by atoms with E-state index in [1.807, 2.05) is 6.07 Å². The molecule has 4 rings (SSSR count). The Kier molecular flexibility index (Phi) is 5.71. The number of ether oxygens (including phenoxy) is 2. The number of allylic oxidation sites excluding steroid dienone is 1. The van der Waals surface area contributed by atoms with E-state index >= 15 is 0 Å². The molecule has 3 aromatic rings. The zero-order chi connectivity index (χ0) is 20.2. The summed E-state index contributed by atoms with van der Waals surface area (Å²) in [6.07, 6.45) is 6.65. The molecule has 0 aromatic heterocycles. The van der Waals surface area contributed by atoms with Gasteiger partial charge in [0.2, 0.25) is 0 Å². The van der Waals surface area contributed by atoms with E-state index in [0.29, 0.717) is 0 Å². The number of hydrogen-bond donors (Lipinski definition) is 0. The second-order valence-corrected chi connectivity index (χ2v) is 7.72. The molecule has 1 aliphatic rings. The van der Waals surface area contributed by atoms with Crippen molar-refractivity contribution in [2.75, 3.05) is 14.2 Å². The van der Waals surface area contributed by atoms with Crippen molar-refractivity contribution in [2.24, 2.45) is 0 Å². The van der Waals surface area contributed by atoms with E-state index in [9.17, 15) is 0 Å². The molecule has 0 N–H and O–H groups in total. The lowest BCUT2D eigenvalue weighted by atomic mass is 9.94. The minimum Gasteiger partial charge on any atom is -0.493 e. The van der Waals surface area contributed by atoms with Crippen LogP contribution in [0.5, 0.6) is 11.5 Å². The molecule has 0 aliphatic heterocycles. The average molecular weight is 385 g/mol. The third-order valence-electron chi connectivity index (χ3n) is 5.77. The van der Waals surface area contributed by atoms with E-state index in [4.69, 9.17) is 9.47 Å². The zero-order valence-corrected chi connectivity index (χ0v) is 17.5. The monoisotopic (exact) mass is 384 g/mol. The van der Waals surface area contributed by atoms with Gasteiger partial charge in [-0.15, -0.1) is 0 Å². The Morgan fingerprint density at radius 3 is 2.38 bits per heavy atom. The zero-order valence-electron chi connectivity index (χ0n) is 17.5. The van der Waals surface area contributed by atoms with Crippen LogP contribution in [0.15, 0.2) is 60.7 Å². The maximum atomic E-state index is 5.48. The fraction of sp³-hybridized carbons (Fsp3) is 0.259. The number of fused-ring (bicyclic) bond motifs is 1. The summed E-state index contributed by atoms with van der Waals surface area (Å²) in [7, 11) is 3.35. The first-order valence-corrected chi connectivity index (χ1v) is 10.3. The highest BCUT2D eigenvalue weighted by Crippen LogP contribution is 2.38. The van der Waals surface area contributed by atoms with Gasteiger partial charge in [0.25, 0.3) is 0 Å². The van der Waals surface area contributed by atoms with Crippen LogP contribution in [0.1, 0.15) is 39.8 Å². The van der Waals surface area contributed by atoms with Gasteiger partial charge in [0.15, 0.2) is 11.5 Å². The van der Waals surface area contributed by atoms with E-state index in [1.54, 1.807) is 14.2 Å². The van der Waals surface area contributed by atoms with Gasteiger partial charge < -0.3 is 9.47 Å². The third-order valence-corrected chi connectivity index (χ3v) is 5.77. The largest absolute Gasteiger partial charge is 0.493 e. The second kappa shape index (κ2) is 8.57. The fourth-order valence-corrected chi connectivity index (χ4v) is 4.20. The number of rotatable bonds is 6. The van der Waals surface area contributed by atoms with Crippen molar-refractivity contribution in [3.8, 4) is 11.5 Å². The number of aryl methyl sites for hydroxylation is 4. The van der Waals surface area contributed by atoms with Crippen molar-refractivity contribution in [1.82, 2.24) is 0 Å². The molecule has 0 atom stereocenters. The van der Waals surface area contributed by atoms with E-state index in [0.717, 1.165) is 42.7 Å². The Morgan fingerprint density at radius 2 is 1.62 bits per heavy atom. The lowest BCUT2D eigenvalue weighted by molar-refractivity contribution is 0.355. The molecule has 0 fully saturated rings. The number of hydrogen-bond acceptors (Lipinski definition) is 2. The van der Waals surface area contributed by atoms with Gasteiger partial charge in [-0.25, -0.2) is 0 Å². The van der Waals surface area contributed by atoms with Crippen LogP contribution < -0.4 is 9.47 Å². The van der Waals surface area contributed by atoms with Crippen molar-refractivity contribution in [3.63, 3.8) is 0 Å². The van der Waals surface area contributed by atoms with Crippen LogP contribution >= 0.6 is 0 Å². The average Bonchev–Trinajstić information content (AvgIpc) is 3.16. The summed E-state index contributed by atoms with van der Waals surface area (Å²) < 4.78 is 10.8. The SMILES string of the molecule is COc1ccc(/C=C2\CCc3cccc(CCc4ccc(C)cc4)c32)cc1OC. The summed E-state index contributed by atoms with van der Waals surface area (Å²) in [5, 5.41) is 0. The molecule has 2 heteroatoms. The van der Waals surface area contributed by atoms with E-state index in [-0.39, 0.29) is 0 Å². The molecule has 1 aliphatic carbocycles. The van der Waals surface area contributed by atoms with E-state index in [2.05, 4.69) is 67.6 Å². The molecule has 0 bridgehead atoms.